The number of aromatic nitrogens is 5. The summed E-state index contributed by atoms with van der Waals surface area (Å²) in [6.45, 7) is 7.48. The molecule has 3 aromatic heterocycles. The van der Waals surface area contributed by atoms with Gasteiger partial charge in [-0.1, -0.05) is 6.07 Å². The normalized spacial score (nSPS) is 17.0. The van der Waals surface area contributed by atoms with Crippen molar-refractivity contribution in [2.45, 2.75) is 32.7 Å². The number of nitrogens with zero attached hydrogens (tertiary/aromatic N) is 6. The summed E-state index contributed by atoms with van der Waals surface area (Å²) in [5.41, 5.74) is 5.35. The molecule has 0 bridgehead atoms. The highest BCUT2D eigenvalue weighted by molar-refractivity contribution is 5.84. The second-order valence-corrected chi connectivity index (χ2v) is 10.1. The van der Waals surface area contributed by atoms with Crippen molar-refractivity contribution in [1.82, 2.24) is 34.7 Å². The summed E-state index contributed by atoms with van der Waals surface area (Å²) in [5, 5.41) is 3.32. The molecule has 38 heavy (non-hydrogen) atoms. The maximum absolute atomic E-state index is 12.4. The van der Waals surface area contributed by atoms with Crippen molar-refractivity contribution in [2.75, 3.05) is 38.6 Å². The molecular formula is C28H32N8O2. The molecule has 0 radical (unpaired) electrons. The Hall–Kier alpha value is -4.05. The molecule has 1 aromatic carbocycles. The third kappa shape index (κ3) is 4.79. The van der Waals surface area contributed by atoms with Crippen molar-refractivity contribution in [3.05, 3.63) is 54.1 Å². The number of anilines is 2. The molecule has 10 nitrogen and oxygen atoms in total. The fraction of sp³-hybridized carbons (Fsp3) is 0.393. The van der Waals surface area contributed by atoms with Crippen LogP contribution in [0.1, 0.15) is 37.1 Å². The number of aromatic amines is 1. The van der Waals surface area contributed by atoms with Gasteiger partial charge in [0.05, 0.1) is 23.8 Å². The zero-order chi connectivity index (χ0) is 26.2. The first-order valence-electron chi connectivity index (χ1n) is 13.1. The lowest BCUT2D eigenvalue weighted by Crippen LogP contribution is -2.49. The predicted molar refractivity (Wildman–Crippen MR) is 145 cm³/mol. The number of benzene rings is 1. The number of imidazole rings is 1. The number of pyridine rings is 1. The topological polar surface area (TPSA) is 112 Å². The van der Waals surface area contributed by atoms with Crippen LogP contribution in [0.2, 0.25) is 0 Å². The number of carbonyl (C=O) groups excluding carboxylic acids is 1. The molecule has 1 unspecified atom stereocenters. The van der Waals surface area contributed by atoms with E-state index in [0.29, 0.717) is 17.6 Å². The van der Waals surface area contributed by atoms with Crippen LogP contribution in [0.25, 0.3) is 22.3 Å². The van der Waals surface area contributed by atoms with Crippen molar-refractivity contribution >= 4 is 28.7 Å². The van der Waals surface area contributed by atoms with E-state index in [-0.39, 0.29) is 12.0 Å². The van der Waals surface area contributed by atoms with Crippen LogP contribution < -0.4 is 10.1 Å². The first kappa shape index (κ1) is 24.3. The molecule has 196 valence electrons. The Balaban J connectivity index is 1.16. The van der Waals surface area contributed by atoms with Crippen LogP contribution in [0, 0.1) is 12.8 Å². The summed E-state index contributed by atoms with van der Waals surface area (Å²) < 4.78 is 5.54. The van der Waals surface area contributed by atoms with Gasteiger partial charge < -0.3 is 19.9 Å². The number of hydrogen-bond donors (Lipinski definition) is 2. The minimum atomic E-state index is 0.223. The molecule has 1 saturated heterocycles. The molecule has 10 heteroatoms. The third-order valence-electron chi connectivity index (χ3n) is 7.55. The van der Waals surface area contributed by atoms with Crippen LogP contribution in [0.15, 0.2) is 42.9 Å². The summed E-state index contributed by atoms with van der Waals surface area (Å²) in [6, 6.07) is 10.3. The molecule has 6 rings (SSSR count). The number of nitrogens with one attached hydrogen (secondary N) is 2. The van der Waals surface area contributed by atoms with Gasteiger partial charge in [0, 0.05) is 49.9 Å². The quantitative estimate of drug-likeness (QED) is 0.381. The van der Waals surface area contributed by atoms with E-state index >= 15 is 0 Å². The van der Waals surface area contributed by atoms with E-state index in [1.54, 1.807) is 13.4 Å². The minimum absolute atomic E-state index is 0.223. The molecule has 1 aliphatic heterocycles. The Kier molecular flexibility index (Phi) is 6.40. The minimum Gasteiger partial charge on any atom is -0.493 e. The zero-order valence-corrected chi connectivity index (χ0v) is 21.9. The average molecular weight is 513 g/mol. The number of carbonyl (C=O) groups is 1. The van der Waals surface area contributed by atoms with Gasteiger partial charge in [-0.15, -0.1) is 0 Å². The van der Waals surface area contributed by atoms with Crippen LogP contribution in [-0.2, 0) is 4.79 Å². The van der Waals surface area contributed by atoms with Gasteiger partial charge >= 0.3 is 0 Å². The molecule has 1 aliphatic carbocycles. The van der Waals surface area contributed by atoms with Crippen molar-refractivity contribution in [1.29, 1.82) is 0 Å². The summed E-state index contributed by atoms with van der Waals surface area (Å²) in [5.74, 6) is 2.64. The lowest BCUT2D eigenvalue weighted by atomic mass is 10.1. The molecule has 0 spiro atoms. The van der Waals surface area contributed by atoms with E-state index < -0.39 is 0 Å². The standard InChI is InChI=1S/C28H32N8O2/c1-17-26(38-3)25(31-16-30-17)21-6-7-22-23(14-21)33-28(32-22)34-24-15-20(8-9-29-24)18(2)35-10-12-36(13-11-35)27(37)19-4-5-19/h6-9,14-16,18-19H,4-5,10-13H2,1-3H3,(H2,29,32,33,34). The van der Waals surface area contributed by atoms with E-state index in [0.717, 1.165) is 72.8 Å². The number of ether oxygens (including phenoxy) is 1. The smallest absolute Gasteiger partial charge is 0.225 e. The zero-order valence-electron chi connectivity index (χ0n) is 21.9. The lowest BCUT2D eigenvalue weighted by Gasteiger charge is -2.38. The van der Waals surface area contributed by atoms with Crippen molar-refractivity contribution in [2.24, 2.45) is 5.92 Å². The van der Waals surface area contributed by atoms with Crippen LogP contribution >= 0.6 is 0 Å². The highest BCUT2D eigenvalue weighted by atomic mass is 16.5. The first-order valence-corrected chi connectivity index (χ1v) is 13.1. The van der Waals surface area contributed by atoms with Gasteiger partial charge in [-0.25, -0.2) is 19.9 Å². The molecule has 4 aromatic rings. The molecule has 1 amide bonds. The fourth-order valence-electron chi connectivity index (χ4n) is 5.15. The average Bonchev–Trinajstić information content (AvgIpc) is 3.72. The Labute approximate surface area is 221 Å². The van der Waals surface area contributed by atoms with E-state index in [9.17, 15) is 4.79 Å². The summed E-state index contributed by atoms with van der Waals surface area (Å²) >= 11 is 0. The second-order valence-electron chi connectivity index (χ2n) is 10.1. The van der Waals surface area contributed by atoms with Gasteiger partial charge in [-0.3, -0.25) is 9.69 Å². The predicted octanol–water partition coefficient (Wildman–Crippen LogP) is 4.09. The Morgan fingerprint density at radius 3 is 2.68 bits per heavy atom. The Morgan fingerprint density at radius 2 is 1.92 bits per heavy atom. The number of piperazine rings is 1. The molecule has 2 N–H and O–H groups in total. The first-order chi connectivity index (χ1) is 18.5. The summed E-state index contributed by atoms with van der Waals surface area (Å²) in [6.07, 6.45) is 5.49. The van der Waals surface area contributed by atoms with E-state index in [4.69, 9.17) is 9.72 Å². The molecule has 1 atom stereocenters. The Bertz CT molecular complexity index is 1470. The van der Waals surface area contributed by atoms with Gasteiger partial charge in [0.1, 0.15) is 17.8 Å². The number of methoxy groups -OCH3 is 1. The van der Waals surface area contributed by atoms with Crippen LogP contribution in [0.4, 0.5) is 11.8 Å². The van der Waals surface area contributed by atoms with E-state index in [2.05, 4.69) is 49.2 Å². The number of fused-ring (bicyclic) bond motifs is 1. The van der Waals surface area contributed by atoms with Crippen molar-refractivity contribution in [3.8, 4) is 17.0 Å². The molecule has 1 saturated carbocycles. The van der Waals surface area contributed by atoms with Crippen LogP contribution in [0.3, 0.4) is 0 Å². The number of amides is 1. The molecular weight excluding hydrogens is 480 g/mol. The molecule has 4 heterocycles. The number of hydrogen-bond acceptors (Lipinski definition) is 8. The highest BCUT2D eigenvalue weighted by Crippen LogP contribution is 2.33. The number of H-pyrrole nitrogens is 1. The monoisotopic (exact) mass is 512 g/mol. The third-order valence-corrected chi connectivity index (χ3v) is 7.55. The van der Waals surface area contributed by atoms with Crippen LogP contribution in [0.5, 0.6) is 5.75 Å². The van der Waals surface area contributed by atoms with Crippen molar-refractivity contribution in [3.63, 3.8) is 0 Å². The van der Waals surface area contributed by atoms with Gasteiger partial charge in [0.15, 0.2) is 5.75 Å². The van der Waals surface area contributed by atoms with E-state index in [1.165, 1.54) is 5.56 Å². The van der Waals surface area contributed by atoms with Gasteiger partial charge in [0.25, 0.3) is 0 Å². The number of aryl methyl sites for hydroxylation is 1. The summed E-state index contributed by atoms with van der Waals surface area (Å²) in [4.78, 5) is 38.1. The Morgan fingerprint density at radius 1 is 1.11 bits per heavy atom. The maximum Gasteiger partial charge on any atom is 0.225 e. The fourth-order valence-corrected chi connectivity index (χ4v) is 5.15. The van der Waals surface area contributed by atoms with Gasteiger partial charge in [-0.05, 0) is 56.5 Å². The second kappa shape index (κ2) is 10.0. The van der Waals surface area contributed by atoms with E-state index in [1.807, 2.05) is 36.2 Å². The van der Waals surface area contributed by atoms with Crippen molar-refractivity contribution < 1.29 is 9.53 Å². The summed E-state index contributed by atoms with van der Waals surface area (Å²) in [7, 11) is 1.63. The highest BCUT2D eigenvalue weighted by Gasteiger charge is 2.35. The largest absolute Gasteiger partial charge is 0.493 e. The van der Waals surface area contributed by atoms with Gasteiger partial charge in [-0.2, -0.15) is 0 Å². The lowest BCUT2D eigenvalue weighted by molar-refractivity contribution is -0.134. The molecule has 2 fully saturated rings. The van der Waals surface area contributed by atoms with Crippen LogP contribution in [-0.4, -0.2) is 73.9 Å². The molecule has 2 aliphatic rings. The maximum atomic E-state index is 12.4. The number of rotatable bonds is 7. The SMILES string of the molecule is COc1c(C)ncnc1-c1ccc2nc(Nc3cc(C(C)N4CCN(C(=O)C5CC5)CC4)ccn3)[nH]c2c1. The van der Waals surface area contributed by atoms with Gasteiger partial charge in [0.2, 0.25) is 11.9 Å².